The van der Waals surface area contributed by atoms with Gasteiger partial charge in [-0.3, -0.25) is 0 Å². The van der Waals surface area contributed by atoms with Gasteiger partial charge < -0.3 is 25.8 Å². The van der Waals surface area contributed by atoms with Crippen molar-refractivity contribution in [1.82, 2.24) is 15.3 Å². The lowest BCUT2D eigenvalue weighted by Gasteiger charge is -2.33. The van der Waals surface area contributed by atoms with E-state index in [9.17, 15) is 4.39 Å². The number of fused-ring (bicyclic) bond motifs is 1. The molecular weight excluding hydrogens is 433 g/mol. The van der Waals surface area contributed by atoms with Gasteiger partial charge in [0.1, 0.15) is 30.3 Å². The van der Waals surface area contributed by atoms with Crippen LogP contribution in [0.5, 0.6) is 5.75 Å². The van der Waals surface area contributed by atoms with E-state index in [-0.39, 0.29) is 16.7 Å². The molecule has 9 heteroatoms. The van der Waals surface area contributed by atoms with Crippen molar-refractivity contribution in [2.24, 2.45) is 0 Å². The molecule has 2 aliphatic heterocycles. The van der Waals surface area contributed by atoms with E-state index in [1.54, 1.807) is 12.1 Å². The van der Waals surface area contributed by atoms with Crippen LogP contribution in [0.15, 0.2) is 36.7 Å². The van der Waals surface area contributed by atoms with Gasteiger partial charge >= 0.3 is 0 Å². The van der Waals surface area contributed by atoms with E-state index in [1.165, 1.54) is 18.5 Å². The first-order valence-corrected chi connectivity index (χ1v) is 11.2. The second-order valence-electron chi connectivity index (χ2n) is 8.41. The third kappa shape index (κ3) is 4.30. The Morgan fingerprint density at radius 1 is 1.22 bits per heavy atom. The lowest BCUT2D eigenvalue weighted by Crippen LogP contribution is -2.42. The van der Waals surface area contributed by atoms with Crippen LogP contribution in [-0.2, 0) is 4.74 Å². The first kappa shape index (κ1) is 21.2. The number of piperidine rings is 1. The number of benzene rings is 2. The number of nitrogen functional groups attached to an aromatic ring is 1. The van der Waals surface area contributed by atoms with Gasteiger partial charge in [-0.05, 0) is 63.0 Å². The van der Waals surface area contributed by atoms with Crippen LogP contribution < -0.4 is 21.1 Å². The van der Waals surface area contributed by atoms with Crippen molar-refractivity contribution in [2.75, 3.05) is 30.7 Å². The minimum absolute atomic E-state index is 0.00521. The van der Waals surface area contributed by atoms with Gasteiger partial charge in [0.2, 0.25) is 0 Å². The quantitative estimate of drug-likeness (QED) is 0.488. The van der Waals surface area contributed by atoms with Gasteiger partial charge in [-0.15, -0.1) is 0 Å². The molecule has 2 aromatic carbocycles. The van der Waals surface area contributed by atoms with E-state index in [1.807, 2.05) is 6.07 Å². The van der Waals surface area contributed by atoms with Crippen LogP contribution in [0.1, 0.15) is 25.7 Å². The summed E-state index contributed by atoms with van der Waals surface area (Å²) in [7, 11) is 0. The third-order valence-electron chi connectivity index (χ3n) is 6.23. The highest BCUT2D eigenvalue weighted by atomic mass is 35.5. The summed E-state index contributed by atoms with van der Waals surface area (Å²) in [6.45, 7) is 2.46. The van der Waals surface area contributed by atoms with Crippen LogP contribution in [0.4, 0.5) is 21.6 Å². The summed E-state index contributed by atoms with van der Waals surface area (Å²) < 4.78 is 25.9. The van der Waals surface area contributed by atoms with Gasteiger partial charge in [-0.25, -0.2) is 14.4 Å². The molecule has 0 bridgehead atoms. The minimum atomic E-state index is -0.479. The van der Waals surface area contributed by atoms with Gasteiger partial charge in [-0.1, -0.05) is 11.6 Å². The molecule has 2 saturated heterocycles. The Kier molecular flexibility index (Phi) is 5.75. The second kappa shape index (κ2) is 8.69. The predicted octanol–water partition coefficient (Wildman–Crippen LogP) is 4.43. The normalized spacial score (nSPS) is 20.0. The van der Waals surface area contributed by atoms with E-state index in [4.69, 9.17) is 26.8 Å². The molecule has 0 aliphatic carbocycles. The number of rotatable bonds is 5. The standard InChI is InChI=1S/C23H25ClFN5O2/c24-17-9-14(1-2-18(17)25)30-22-16-10-19(26)21(11-20(16)28-13-29-22)31-12-15-3-4-23(32-15)5-7-27-8-6-23/h1-2,9-11,13,15,27H,3-8,12,26H2,(H,28,29,30). The van der Waals surface area contributed by atoms with Crippen LogP contribution in [0.2, 0.25) is 5.02 Å². The Labute approximate surface area is 190 Å². The molecule has 2 fully saturated rings. The molecule has 0 radical (unpaired) electrons. The lowest BCUT2D eigenvalue weighted by atomic mass is 9.89. The molecule has 1 spiro atoms. The van der Waals surface area contributed by atoms with E-state index in [0.717, 1.165) is 44.2 Å². The molecule has 3 aromatic rings. The van der Waals surface area contributed by atoms with Crippen molar-refractivity contribution in [1.29, 1.82) is 0 Å². The lowest BCUT2D eigenvalue weighted by molar-refractivity contribution is -0.0710. The zero-order valence-corrected chi connectivity index (χ0v) is 18.3. The maximum Gasteiger partial charge on any atom is 0.144 e. The van der Waals surface area contributed by atoms with Gasteiger partial charge in [-0.2, -0.15) is 0 Å². The largest absolute Gasteiger partial charge is 0.489 e. The average molecular weight is 458 g/mol. The van der Waals surface area contributed by atoms with Gasteiger partial charge in [0.25, 0.3) is 0 Å². The highest BCUT2D eigenvalue weighted by molar-refractivity contribution is 6.31. The Bertz CT molecular complexity index is 1140. The van der Waals surface area contributed by atoms with Crippen molar-refractivity contribution >= 4 is 39.7 Å². The maximum absolute atomic E-state index is 13.4. The number of nitrogens with zero attached hydrogens (tertiary/aromatic N) is 2. The first-order chi connectivity index (χ1) is 15.5. The van der Waals surface area contributed by atoms with Gasteiger partial charge in [0.05, 0.1) is 27.9 Å². The number of hydrogen-bond acceptors (Lipinski definition) is 7. The highest BCUT2D eigenvalue weighted by Crippen LogP contribution is 2.38. The molecule has 1 aromatic heterocycles. The topological polar surface area (TPSA) is 94.3 Å². The number of halogens is 2. The number of aromatic nitrogens is 2. The molecule has 1 unspecified atom stereocenters. The van der Waals surface area contributed by atoms with Crippen molar-refractivity contribution < 1.29 is 13.9 Å². The summed E-state index contributed by atoms with van der Waals surface area (Å²) in [5, 5.41) is 7.29. The highest BCUT2D eigenvalue weighted by Gasteiger charge is 2.41. The number of hydrogen-bond donors (Lipinski definition) is 3. The van der Waals surface area contributed by atoms with Crippen LogP contribution in [0.3, 0.4) is 0 Å². The molecule has 168 valence electrons. The first-order valence-electron chi connectivity index (χ1n) is 10.8. The predicted molar refractivity (Wildman–Crippen MR) is 123 cm³/mol. The molecule has 5 rings (SSSR count). The molecule has 1 atom stereocenters. The fourth-order valence-corrected chi connectivity index (χ4v) is 4.66. The average Bonchev–Trinajstić information content (AvgIpc) is 3.18. The van der Waals surface area contributed by atoms with E-state index in [0.29, 0.717) is 35.1 Å². The fraction of sp³-hybridized carbons (Fsp3) is 0.391. The molecule has 3 heterocycles. The van der Waals surface area contributed by atoms with E-state index in [2.05, 4.69) is 20.6 Å². The molecular formula is C23H25ClFN5O2. The van der Waals surface area contributed by atoms with Crippen molar-refractivity contribution in [2.45, 2.75) is 37.4 Å². The SMILES string of the molecule is Nc1cc2c(Nc3ccc(F)c(Cl)c3)ncnc2cc1OCC1CCC2(CCNCC2)O1. The second-order valence-corrected chi connectivity index (χ2v) is 8.81. The smallest absolute Gasteiger partial charge is 0.144 e. The minimum Gasteiger partial charge on any atom is -0.489 e. The number of nitrogens with two attached hydrogens (primary N) is 1. The monoisotopic (exact) mass is 457 g/mol. The summed E-state index contributed by atoms with van der Waals surface area (Å²) in [5.74, 6) is 0.637. The Balaban J connectivity index is 1.31. The molecule has 2 aliphatic rings. The fourth-order valence-electron chi connectivity index (χ4n) is 4.48. The summed E-state index contributed by atoms with van der Waals surface area (Å²) in [6, 6.07) is 7.98. The molecule has 32 heavy (non-hydrogen) atoms. The summed E-state index contributed by atoms with van der Waals surface area (Å²) >= 11 is 5.88. The summed E-state index contributed by atoms with van der Waals surface area (Å²) in [6.07, 6.45) is 5.68. The molecule has 4 N–H and O–H groups in total. The summed E-state index contributed by atoms with van der Waals surface area (Å²) in [4.78, 5) is 8.66. The zero-order valence-electron chi connectivity index (χ0n) is 17.5. The Hall–Kier alpha value is -2.68. The number of ether oxygens (including phenoxy) is 2. The Morgan fingerprint density at radius 3 is 2.88 bits per heavy atom. The zero-order chi connectivity index (χ0) is 22.1. The van der Waals surface area contributed by atoms with E-state index < -0.39 is 5.82 Å². The van der Waals surface area contributed by atoms with Crippen LogP contribution in [-0.4, -0.2) is 41.4 Å². The van der Waals surface area contributed by atoms with Gasteiger partial charge in [0, 0.05) is 17.1 Å². The number of nitrogens with one attached hydrogen (secondary N) is 2. The van der Waals surface area contributed by atoms with E-state index >= 15 is 0 Å². The van der Waals surface area contributed by atoms with Crippen LogP contribution in [0.25, 0.3) is 10.9 Å². The van der Waals surface area contributed by atoms with Gasteiger partial charge in [0.15, 0.2) is 0 Å². The molecule has 7 nitrogen and oxygen atoms in total. The molecule has 0 saturated carbocycles. The van der Waals surface area contributed by atoms with Crippen molar-refractivity contribution in [3.8, 4) is 5.75 Å². The third-order valence-corrected chi connectivity index (χ3v) is 6.52. The Morgan fingerprint density at radius 2 is 2.06 bits per heavy atom. The van der Waals surface area contributed by atoms with Crippen molar-refractivity contribution in [3.05, 3.63) is 47.5 Å². The van der Waals surface area contributed by atoms with Crippen molar-refractivity contribution in [3.63, 3.8) is 0 Å². The maximum atomic E-state index is 13.4. The summed E-state index contributed by atoms with van der Waals surface area (Å²) in [5.41, 5.74) is 8.07. The number of anilines is 3. The van der Waals surface area contributed by atoms with Crippen LogP contribution >= 0.6 is 11.6 Å². The van der Waals surface area contributed by atoms with Crippen LogP contribution in [0, 0.1) is 5.82 Å². The molecule has 0 amide bonds.